The fraction of sp³-hybridized carbons (Fsp3) is 0.250. The second-order valence-corrected chi connectivity index (χ2v) is 5.21. The maximum absolute atomic E-state index is 10.5. The van der Waals surface area contributed by atoms with Gasteiger partial charge in [-0.05, 0) is 23.4 Å². The number of rotatable bonds is 5. The van der Waals surface area contributed by atoms with Gasteiger partial charge in [-0.15, -0.1) is 11.3 Å². The van der Waals surface area contributed by atoms with E-state index in [1.54, 1.807) is 11.3 Å². The summed E-state index contributed by atoms with van der Waals surface area (Å²) in [5.41, 5.74) is 0.969. The van der Waals surface area contributed by atoms with Crippen LogP contribution in [0, 0.1) is 0 Å². The third-order valence-corrected chi connectivity index (χ3v) is 3.91. The maximum atomic E-state index is 10.5. The largest absolute Gasteiger partial charge is 0.387 e. The summed E-state index contributed by atoms with van der Waals surface area (Å²) in [6, 6.07) is 14.0. The van der Waals surface area contributed by atoms with Crippen molar-refractivity contribution in [2.24, 2.45) is 0 Å². The van der Waals surface area contributed by atoms with Gasteiger partial charge < -0.3 is 5.11 Å². The van der Waals surface area contributed by atoms with Gasteiger partial charge in [0.15, 0.2) is 0 Å². The van der Waals surface area contributed by atoms with Gasteiger partial charge in [0.25, 0.3) is 0 Å². The fourth-order valence-corrected chi connectivity index (χ4v) is 2.81. The van der Waals surface area contributed by atoms with Gasteiger partial charge in [-0.25, -0.2) is 0 Å². The van der Waals surface area contributed by atoms with E-state index >= 15 is 0 Å². The van der Waals surface area contributed by atoms with E-state index in [2.05, 4.69) is 30.5 Å². The smallest absolute Gasteiger partial charge is 0.0901 e. The Kier molecular flexibility index (Phi) is 4.73. The molecule has 18 heavy (non-hydrogen) atoms. The van der Waals surface area contributed by atoms with Gasteiger partial charge in [0.2, 0.25) is 0 Å². The molecule has 0 bridgehead atoms. The van der Waals surface area contributed by atoms with E-state index in [1.165, 1.54) is 4.88 Å². The molecular weight excluding hydrogens is 240 g/mol. The summed E-state index contributed by atoms with van der Waals surface area (Å²) < 4.78 is 0. The van der Waals surface area contributed by atoms with Gasteiger partial charge in [-0.3, -0.25) is 0 Å². The van der Waals surface area contributed by atoms with Crippen LogP contribution in [-0.4, -0.2) is 5.11 Å². The number of aliphatic hydroxyl groups excluding tert-OH is 1. The van der Waals surface area contributed by atoms with Gasteiger partial charge in [0.1, 0.15) is 0 Å². The van der Waals surface area contributed by atoms with Crippen molar-refractivity contribution in [1.82, 2.24) is 0 Å². The molecule has 0 aliphatic rings. The molecule has 0 spiro atoms. The minimum Gasteiger partial charge on any atom is -0.387 e. The van der Waals surface area contributed by atoms with Gasteiger partial charge in [0, 0.05) is 10.8 Å². The molecule has 1 nitrogen and oxygen atoms in total. The molecule has 2 aromatic rings. The minimum atomic E-state index is -0.479. The molecule has 2 rings (SSSR count). The minimum absolute atomic E-state index is 0.0485. The molecule has 0 saturated carbocycles. The molecule has 0 aliphatic heterocycles. The lowest BCUT2D eigenvalue weighted by molar-refractivity contribution is 0.163. The van der Waals surface area contributed by atoms with Crippen LogP contribution in [0.4, 0.5) is 0 Å². The Morgan fingerprint density at radius 3 is 2.56 bits per heavy atom. The number of allylic oxidation sites excluding steroid dienone is 1. The number of benzene rings is 1. The Hall–Kier alpha value is -1.38. The van der Waals surface area contributed by atoms with Gasteiger partial charge in [-0.2, -0.15) is 0 Å². The lowest BCUT2D eigenvalue weighted by atomic mass is 9.93. The van der Waals surface area contributed by atoms with E-state index in [4.69, 9.17) is 0 Å². The first-order valence-corrected chi connectivity index (χ1v) is 7.14. The molecule has 0 aliphatic carbocycles. The van der Waals surface area contributed by atoms with Crippen molar-refractivity contribution >= 4 is 11.3 Å². The second kappa shape index (κ2) is 6.53. The zero-order valence-corrected chi connectivity index (χ0v) is 11.3. The van der Waals surface area contributed by atoms with E-state index in [0.717, 1.165) is 12.0 Å². The molecule has 2 atom stereocenters. The number of thiophene rings is 1. The summed E-state index contributed by atoms with van der Waals surface area (Å²) in [6.45, 7) is 2.11. The van der Waals surface area contributed by atoms with Gasteiger partial charge in [-0.1, -0.05) is 55.5 Å². The van der Waals surface area contributed by atoms with E-state index in [1.807, 2.05) is 36.4 Å². The number of hydrogen-bond acceptors (Lipinski definition) is 2. The molecule has 0 amide bonds. The Labute approximate surface area is 112 Å². The average molecular weight is 258 g/mol. The average Bonchev–Trinajstić information content (AvgIpc) is 2.94. The highest BCUT2D eigenvalue weighted by molar-refractivity contribution is 7.10. The van der Waals surface area contributed by atoms with Crippen molar-refractivity contribution < 1.29 is 5.11 Å². The van der Waals surface area contributed by atoms with Crippen LogP contribution < -0.4 is 0 Å². The third-order valence-electron chi connectivity index (χ3n) is 2.93. The van der Waals surface area contributed by atoms with Gasteiger partial charge >= 0.3 is 0 Å². The lowest BCUT2D eigenvalue weighted by Crippen LogP contribution is -2.07. The van der Waals surface area contributed by atoms with Gasteiger partial charge in [0.05, 0.1) is 6.10 Å². The summed E-state index contributed by atoms with van der Waals surface area (Å²) in [4.78, 5) is 1.20. The van der Waals surface area contributed by atoms with E-state index in [-0.39, 0.29) is 5.92 Å². The molecule has 2 heteroatoms. The standard InChI is InChI=1S/C16H18OS/c1-2-3-10-14(15-11-7-12-18-15)16(17)13-8-5-4-6-9-13/h3-12,14,16-17H,2H2,1H3/b10-3-/t14-,16-/m0/s1. The van der Waals surface area contributed by atoms with Crippen molar-refractivity contribution in [1.29, 1.82) is 0 Å². The first kappa shape index (κ1) is 13.1. The van der Waals surface area contributed by atoms with Crippen LogP contribution in [0.3, 0.4) is 0 Å². The first-order valence-electron chi connectivity index (χ1n) is 6.26. The highest BCUT2D eigenvalue weighted by Crippen LogP contribution is 2.34. The highest BCUT2D eigenvalue weighted by atomic mass is 32.1. The molecule has 0 saturated heterocycles. The molecular formula is C16H18OS. The molecule has 1 aromatic carbocycles. The quantitative estimate of drug-likeness (QED) is 0.781. The Morgan fingerprint density at radius 1 is 1.17 bits per heavy atom. The zero-order valence-electron chi connectivity index (χ0n) is 10.5. The maximum Gasteiger partial charge on any atom is 0.0901 e. The third kappa shape index (κ3) is 3.09. The predicted octanol–water partition coefficient (Wildman–Crippen LogP) is 4.53. The van der Waals surface area contributed by atoms with E-state index in [0.29, 0.717) is 0 Å². The summed E-state index contributed by atoms with van der Waals surface area (Å²) in [7, 11) is 0. The van der Waals surface area contributed by atoms with Crippen LogP contribution in [0.5, 0.6) is 0 Å². The van der Waals surface area contributed by atoms with Crippen LogP contribution in [0.2, 0.25) is 0 Å². The number of aliphatic hydroxyl groups is 1. The predicted molar refractivity (Wildman–Crippen MR) is 77.9 cm³/mol. The van der Waals surface area contributed by atoms with Crippen LogP contribution >= 0.6 is 11.3 Å². The van der Waals surface area contributed by atoms with Crippen LogP contribution in [0.1, 0.15) is 35.8 Å². The molecule has 1 heterocycles. The summed E-state index contributed by atoms with van der Waals surface area (Å²) in [5.74, 6) is 0.0485. The zero-order chi connectivity index (χ0) is 12.8. The summed E-state index contributed by atoms with van der Waals surface area (Å²) in [5, 5.41) is 12.6. The second-order valence-electron chi connectivity index (χ2n) is 4.23. The molecule has 1 N–H and O–H groups in total. The van der Waals surface area contributed by atoms with Crippen molar-refractivity contribution in [3.05, 3.63) is 70.4 Å². The van der Waals surface area contributed by atoms with Crippen molar-refractivity contribution in [2.75, 3.05) is 0 Å². The normalized spacial score (nSPS) is 14.8. The molecule has 0 fully saturated rings. The highest BCUT2D eigenvalue weighted by Gasteiger charge is 2.20. The summed E-state index contributed by atoms with van der Waals surface area (Å²) in [6.07, 6.45) is 4.75. The van der Waals surface area contributed by atoms with Crippen LogP contribution in [0.25, 0.3) is 0 Å². The lowest BCUT2D eigenvalue weighted by Gasteiger charge is -2.19. The van der Waals surface area contributed by atoms with Crippen LogP contribution in [-0.2, 0) is 0 Å². The van der Waals surface area contributed by atoms with E-state index in [9.17, 15) is 5.11 Å². The summed E-state index contributed by atoms with van der Waals surface area (Å²) >= 11 is 1.69. The Morgan fingerprint density at radius 2 is 1.94 bits per heavy atom. The Balaban J connectivity index is 2.27. The van der Waals surface area contributed by atoms with Crippen molar-refractivity contribution in [3.63, 3.8) is 0 Å². The van der Waals surface area contributed by atoms with Crippen molar-refractivity contribution in [2.45, 2.75) is 25.4 Å². The number of hydrogen-bond donors (Lipinski definition) is 1. The van der Waals surface area contributed by atoms with Crippen LogP contribution in [0.15, 0.2) is 60.0 Å². The fourth-order valence-electron chi connectivity index (χ4n) is 1.98. The Bertz CT molecular complexity index is 473. The molecule has 0 unspecified atom stereocenters. The molecule has 0 radical (unpaired) electrons. The molecule has 1 aromatic heterocycles. The van der Waals surface area contributed by atoms with E-state index < -0.39 is 6.10 Å². The first-order chi connectivity index (χ1) is 8.83. The topological polar surface area (TPSA) is 20.2 Å². The van der Waals surface area contributed by atoms with Crippen molar-refractivity contribution in [3.8, 4) is 0 Å². The monoisotopic (exact) mass is 258 g/mol. The molecule has 94 valence electrons. The SMILES string of the molecule is CC/C=C\[C@@H](c1cccs1)[C@@H](O)c1ccccc1.